The number of rotatable bonds is 9. The fourth-order valence-corrected chi connectivity index (χ4v) is 5.96. The monoisotopic (exact) mass is 635 g/mol. The molecule has 3 heterocycles. The van der Waals surface area contributed by atoms with E-state index in [1.807, 2.05) is 15.5 Å². The third-order valence-electron chi connectivity index (χ3n) is 8.46. The van der Waals surface area contributed by atoms with E-state index in [1.54, 1.807) is 49.4 Å². The molecule has 5 aromatic rings. The number of ether oxygens (including phenoxy) is 1. The molecule has 0 bridgehead atoms. The number of carboxylic acids is 1. The Hall–Kier alpha value is -5.63. The number of hydrogen-bond donors (Lipinski definition) is 1. The number of amides is 1. The predicted molar refractivity (Wildman–Crippen MR) is 170 cm³/mol. The molecule has 0 spiro atoms. The summed E-state index contributed by atoms with van der Waals surface area (Å²) in [5, 5.41) is 18.6. The summed E-state index contributed by atoms with van der Waals surface area (Å²) < 4.78 is 37.6. The quantitative estimate of drug-likeness (QED) is 0.200. The number of hydrogen-bond acceptors (Lipinski definition) is 6. The first-order chi connectivity index (χ1) is 22.7. The van der Waals surface area contributed by atoms with Crippen molar-refractivity contribution in [1.82, 2.24) is 19.4 Å². The van der Waals surface area contributed by atoms with Crippen molar-refractivity contribution in [2.45, 2.75) is 39.3 Å². The van der Waals surface area contributed by atoms with E-state index >= 15 is 4.39 Å². The Bertz CT molecular complexity index is 2040. The molecule has 1 aliphatic heterocycles. The molecular weight excluding hydrogens is 604 g/mol. The van der Waals surface area contributed by atoms with Gasteiger partial charge in [0.15, 0.2) is 0 Å². The van der Waals surface area contributed by atoms with Gasteiger partial charge >= 0.3 is 5.97 Å². The Balaban J connectivity index is 1.24. The van der Waals surface area contributed by atoms with Crippen LogP contribution in [0.1, 0.15) is 52.6 Å². The summed E-state index contributed by atoms with van der Waals surface area (Å²) in [7, 11) is 0. The van der Waals surface area contributed by atoms with Crippen LogP contribution in [0.3, 0.4) is 0 Å². The van der Waals surface area contributed by atoms with Gasteiger partial charge in [-0.1, -0.05) is 24.3 Å². The van der Waals surface area contributed by atoms with E-state index in [9.17, 15) is 19.1 Å². The molecule has 1 aliphatic rings. The standard InChI is InChI=1S/C36H31F2N5O4/c1-22(44)42-13-3-4-24(19-42)20-43-33-16-27(36(45)46)11-12-32(33)40-34(43)17-25-9-10-26(15-30(25)38)31-5-2-6-35(41-31)47-21-28-8-7-23(18-39)14-29(28)37/h2,5-12,14-16,24H,3-4,13,17,19-21H2,1H3,(H,45,46)/t24-/m0/s1. The summed E-state index contributed by atoms with van der Waals surface area (Å²) in [6.45, 7) is 3.28. The fourth-order valence-electron chi connectivity index (χ4n) is 5.96. The number of aromatic nitrogens is 3. The van der Waals surface area contributed by atoms with E-state index in [-0.39, 0.29) is 47.4 Å². The lowest BCUT2D eigenvalue weighted by atomic mass is 9.97. The molecule has 1 N–H and O–H groups in total. The summed E-state index contributed by atoms with van der Waals surface area (Å²) in [6.07, 6.45) is 1.94. The Morgan fingerprint density at radius 1 is 1.02 bits per heavy atom. The lowest BCUT2D eigenvalue weighted by Gasteiger charge is -2.32. The molecule has 0 unspecified atom stereocenters. The number of imidazole rings is 1. The van der Waals surface area contributed by atoms with Crippen LogP contribution in [-0.2, 0) is 24.4 Å². The minimum atomic E-state index is -1.05. The van der Waals surface area contributed by atoms with Crippen molar-refractivity contribution in [1.29, 1.82) is 5.26 Å². The summed E-state index contributed by atoms with van der Waals surface area (Å²) in [6, 6.07) is 20.7. The number of nitrogens with zero attached hydrogens (tertiary/aromatic N) is 5. The molecule has 0 radical (unpaired) electrons. The number of carbonyl (C=O) groups is 2. The van der Waals surface area contributed by atoms with Crippen molar-refractivity contribution in [2.75, 3.05) is 13.1 Å². The maximum atomic E-state index is 15.7. The molecule has 3 aromatic carbocycles. The molecule has 0 aliphatic carbocycles. The smallest absolute Gasteiger partial charge is 0.335 e. The maximum Gasteiger partial charge on any atom is 0.335 e. The van der Waals surface area contributed by atoms with Gasteiger partial charge in [-0.05, 0) is 66.8 Å². The number of fused-ring (bicyclic) bond motifs is 1. The van der Waals surface area contributed by atoms with Gasteiger partial charge in [0.1, 0.15) is 24.1 Å². The van der Waals surface area contributed by atoms with Gasteiger partial charge < -0.3 is 19.3 Å². The summed E-state index contributed by atoms with van der Waals surface area (Å²) >= 11 is 0. The Morgan fingerprint density at radius 3 is 2.57 bits per heavy atom. The minimum Gasteiger partial charge on any atom is -0.478 e. The van der Waals surface area contributed by atoms with Crippen molar-refractivity contribution < 1.29 is 28.2 Å². The maximum absolute atomic E-state index is 15.7. The predicted octanol–water partition coefficient (Wildman–Crippen LogP) is 6.37. The molecule has 47 heavy (non-hydrogen) atoms. The third-order valence-corrected chi connectivity index (χ3v) is 8.46. The molecular formula is C36H31F2N5O4. The number of pyridine rings is 1. The number of carboxylic acid groups (broad SMARTS) is 1. The summed E-state index contributed by atoms with van der Waals surface area (Å²) in [5.74, 6) is -1.07. The van der Waals surface area contributed by atoms with Crippen molar-refractivity contribution >= 4 is 22.9 Å². The molecule has 1 saturated heterocycles. The van der Waals surface area contributed by atoms with Gasteiger partial charge in [0.25, 0.3) is 0 Å². The Kier molecular flexibility index (Phi) is 8.93. The third kappa shape index (κ3) is 6.97. The van der Waals surface area contributed by atoms with Gasteiger partial charge in [0.05, 0.1) is 33.9 Å². The number of halogens is 2. The van der Waals surface area contributed by atoms with Crippen LogP contribution in [0.4, 0.5) is 8.78 Å². The largest absolute Gasteiger partial charge is 0.478 e. The zero-order valence-corrected chi connectivity index (χ0v) is 25.6. The number of likely N-dealkylation sites (tertiary alicyclic amines) is 1. The molecule has 6 rings (SSSR count). The number of benzene rings is 3. The van der Waals surface area contributed by atoms with Crippen LogP contribution in [0, 0.1) is 28.9 Å². The highest BCUT2D eigenvalue weighted by molar-refractivity contribution is 5.92. The molecule has 9 nitrogen and oxygen atoms in total. The van der Waals surface area contributed by atoms with E-state index in [2.05, 4.69) is 4.98 Å². The molecule has 1 amide bonds. The van der Waals surface area contributed by atoms with E-state index < -0.39 is 17.6 Å². The van der Waals surface area contributed by atoms with Crippen molar-refractivity contribution in [3.8, 4) is 23.2 Å². The topological polar surface area (TPSA) is 121 Å². The van der Waals surface area contributed by atoms with Gasteiger partial charge in [-0.3, -0.25) is 4.79 Å². The van der Waals surface area contributed by atoms with Gasteiger partial charge in [0, 0.05) is 50.2 Å². The average molecular weight is 636 g/mol. The second-order valence-corrected chi connectivity index (χ2v) is 11.7. The van der Waals surface area contributed by atoms with E-state index in [0.29, 0.717) is 53.3 Å². The molecule has 11 heteroatoms. The first-order valence-electron chi connectivity index (χ1n) is 15.2. The first kappa shape index (κ1) is 31.4. The average Bonchev–Trinajstić information content (AvgIpc) is 3.40. The summed E-state index contributed by atoms with van der Waals surface area (Å²) in [5.41, 5.74) is 3.28. The number of carbonyl (C=O) groups excluding carboxylic acids is 1. The number of aromatic carboxylic acids is 1. The molecule has 1 fully saturated rings. The van der Waals surface area contributed by atoms with Crippen LogP contribution in [0.2, 0.25) is 0 Å². The second kappa shape index (κ2) is 13.4. The first-order valence-corrected chi connectivity index (χ1v) is 15.2. The van der Waals surface area contributed by atoms with E-state index in [0.717, 1.165) is 18.9 Å². The van der Waals surface area contributed by atoms with Gasteiger partial charge in [-0.25, -0.2) is 23.5 Å². The summed E-state index contributed by atoms with van der Waals surface area (Å²) in [4.78, 5) is 34.9. The van der Waals surface area contributed by atoms with Crippen LogP contribution in [0.15, 0.2) is 72.8 Å². The lowest BCUT2D eigenvalue weighted by Crippen LogP contribution is -2.40. The van der Waals surface area contributed by atoms with Crippen molar-refractivity contribution in [3.05, 3.63) is 113 Å². The molecule has 2 aromatic heterocycles. The molecule has 1 atom stereocenters. The lowest BCUT2D eigenvalue weighted by molar-refractivity contribution is -0.130. The number of nitriles is 1. The van der Waals surface area contributed by atoms with Crippen LogP contribution >= 0.6 is 0 Å². The second-order valence-electron chi connectivity index (χ2n) is 11.7. The minimum absolute atomic E-state index is 0.0209. The molecule has 238 valence electrons. The normalized spacial score (nSPS) is 14.6. The van der Waals surface area contributed by atoms with Gasteiger partial charge in [-0.2, -0.15) is 5.26 Å². The Labute approximate surface area is 269 Å². The number of piperidine rings is 1. The van der Waals surface area contributed by atoms with Crippen LogP contribution < -0.4 is 4.74 Å². The van der Waals surface area contributed by atoms with E-state index in [4.69, 9.17) is 15.0 Å². The van der Waals surface area contributed by atoms with Crippen LogP contribution in [0.5, 0.6) is 5.88 Å². The van der Waals surface area contributed by atoms with Crippen LogP contribution in [-0.4, -0.2) is 49.5 Å². The highest BCUT2D eigenvalue weighted by Gasteiger charge is 2.24. The van der Waals surface area contributed by atoms with Crippen molar-refractivity contribution in [2.24, 2.45) is 5.92 Å². The SMILES string of the molecule is CC(=O)N1CCC[C@H](Cn2c(Cc3ccc(-c4cccc(OCc5ccc(C#N)cc5F)n4)cc3F)nc3ccc(C(=O)O)cc32)C1. The molecule has 0 saturated carbocycles. The van der Waals surface area contributed by atoms with Gasteiger partial charge in [0.2, 0.25) is 11.8 Å². The fraction of sp³-hybridized carbons (Fsp3) is 0.250. The van der Waals surface area contributed by atoms with E-state index in [1.165, 1.54) is 24.3 Å². The van der Waals surface area contributed by atoms with Crippen molar-refractivity contribution in [3.63, 3.8) is 0 Å². The highest BCUT2D eigenvalue weighted by atomic mass is 19.1. The van der Waals surface area contributed by atoms with Gasteiger partial charge in [-0.15, -0.1) is 0 Å². The Morgan fingerprint density at radius 2 is 1.83 bits per heavy atom. The highest BCUT2D eigenvalue weighted by Crippen LogP contribution is 2.28. The zero-order valence-electron chi connectivity index (χ0n) is 25.6. The zero-order chi connectivity index (χ0) is 33.1. The van der Waals surface area contributed by atoms with Crippen LogP contribution in [0.25, 0.3) is 22.3 Å².